The first-order chi connectivity index (χ1) is 10.9. The zero-order chi connectivity index (χ0) is 16.4. The molecule has 0 bridgehead atoms. The smallest absolute Gasteiger partial charge is 0.350 e. The number of rotatable bonds is 3. The number of nitrogens with one attached hydrogen (secondary N) is 2. The second-order valence-electron chi connectivity index (χ2n) is 5.43. The third kappa shape index (κ3) is 3.23. The van der Waals surface area contributed by atoms with Gasteiger partial charge in [-0.3, -0.25) is 5.10 Å². The van der Waals surface area contributed by atoms with Crippen LogP contribution in [0.1, 0.15) is 13.8 Å². The summed E-state index contributed by atoms with van der Waals surface area (Å²) in [4.78, 5) is 23.6. The zero-order valence-corrected chi connectivity index (χ0v) is 12.6. The van der Waals surface area contributed by atoms with Crippen molar-refractivity contribution in [3.63, 3.8) is 0 Å². The number of carbonyl (C=O) groups is 2. The van der Waals surface area contributed by atoms with Gasteiger partial charge < -0.3 is 14.8 Å². The molecule has 3 rings (SSSR count). The number of hydrogen-bond acceptors (Lipinski definition) is 6. The fraction of sp³-hybridized carbons (Fsp3) is 0.188. The number of H-pyrrole nitrogens is 1. The lowest BCUT2D eigenvalue weighted by molar-refractivity contribution is -0.222. The molecule has 1 aromatic carbocycles. The molecule has 7 nitrogen and oxygen atoms in total. The van der Waals surface area contributed by atoms with Crippen LogP contribution in [0, 0.1) is 0 Å². The van der Waals surface area contributed by atoms with Gasteiger partial charge in [-0.1, -0.05) is 12.1 Å². The van der Waals surface area contributed by atoms with Crippen LogP contribution in [-0.2, 0) is 19.1 Å². The summed E-state index contributed by atoms with van der Waals surface area (Å²) in [6.07, 6.45) is 2.96. The number of cyclic esters (lactones) is 2. The Bertz CT molecular complexity index is 739. The summed E-state index contributed by atoms with van der Waals surface area (Å²) in [5.74, 6) is -2.67. The van der Waals surface area contributed by atoms with Crippen molar-refractivity contribution in [1.82, 2.24) is 10.2 Å². The highest BCUT2D eigenvalue weighted by Crippen LogP contribution is 2.23. The zero-order valence-electron chi connectivity index (χ0n) is 12.6. The number of esters is 2. The molecular weight excluding hydrogens is 298 g/mol. The van der Waals surface area contributed by atoms with Crippen LogP contribution in [0.2, 0.25) is 0 Å². The maximum atomic E-state index is 11.8. The first-order valence-electron chi connectivity index (χ1n) is 6.98. The third-order valence-corrected chi connectivity index (χ3v) is 3.20. The molecule has 118 valence electrons. The van der Waals surface area contributed by atoms with E-state index in [0.29, 0.717) is 5.69 Å². The predicted molar refractivity (Wildman–Crippen MR) is 82.0 cm³/mol. The Morgan fingerprint density at radius 2 is 1.74 bits per heavy atom. The molecule has 2 aromatic rings. The Kier molecular flexibility index (Phi) is 3.61. The molecule has 2 heterocycles. The average Bonchev–Trinajstić information content (AvgIpc) is 3.00. The van der Waals surface area contributed by atoms with Gasteiger partial charge in [-0.25, -0.2) is 9.59 Å². The molecule has 1 aliphatic rings. The summed E-state index contributed by atoms with van der Waals surface area (Å²) in [7, 11) is 0. The summed E-state index contributed by atoms with van der Waals surface area (Å²) < 4.78 is 10.0. The molecule has 0 amide bonds. The minimum atomic E-state index is -1.24. The van der Waals surface area contributed by atoms with Crippen LogP contribution in [-0.4, -0.2) is 27.9 Å². The molecule has 0 unspecified atom stereocenters. The lowest BCUT2D eigenvalue weighted by Gasteiger charge is -2.29. The summed E-state index contributed by atoms with van der Waals surface area (Å²) in [6.45, 7) is 3.00. The standard InChI is InChI=1S/C16H15N3O4/c1-16(2)22-14(20)12(15(21)23-16)9-17-11-5-3-10(4-6-11)13-7-8-18-19-13/h3-9,17H,1-2H3,(H,18,19). The van der Waals surface area contributed by atoms with Gasteiger partial charge in [0.05, 0.1) is 5.69 Å². The Labute approximate surface area is 132 Å². The van der Waals surface area contributed by atoms with Crippen molar-refractivity contribution >= 4 is 17.6 Å². The molecule has 0 saturated carbocycles. The predicted octanol–water partition coefficient (Wildman–Crippen LogP) is 2.21. The van der Waals surface area contributed by atoms with Crippen LogP contribution in [0.4, 0.5) is 5.69 Å². The number of anilines is 1. The van der Waals surface area contributed by atoms with Crippen LogP contribution < -0.4 is 5.32 Å². The fourth-order valence-electron chi connectivity index (χ4n) is 2.10. The highest BCUT2D eigenvalue weighted by Gasteiger charge is 2.38. The van der Waals surface area contributed by atoms with E-state index in [1.807, 2.05) is 30.3 Å². The number of nitrogens with zero attached hydrogens (tertiary/aromatic N) is 1. The quantitative estimate of drug-likeness (QED) is 0.512. The van der Waals surface area contributed by atoms with Gasteiger partial charge in [0.2, 0.25) is 0 Å². The average molecular weight is 313 g/mol. The van der Waals surface area contributed by atoms with Gasteiger partial charge in [0.25, 0.3) is 5.79 Å². The van der Waals surface area contributed by atoms with Crippen molar-refractivity contribution in [2.24, 2.45) is 0 Å². The second-order valence-corrected chi connectivity index (χ2v) is 5.43. The SMILES string of the molecule is CC1(C)OC(=O)C(=CNc2ccc(-c3ccn[nH]3)cc2)C(=O)O1. The molecule has 1 saturated heterocycles. The first-order valence-corrected chi connectivity index (χ1v) is 6.98. The van der Waals surface area contributed by atoms with E-state index < -0.39 is 17.7 Å². The number of aromatic nitrogens is 2. The molecule has 0 aliphatic carbocycles. The molecule has 0 atom stereocenters. The van der Waals surface area contributed by atoms with Crippen molar-refractivity contribution < 1.29 is 19.1 Å². The Hall–Kier alpha value is -3.09. The van der Waals surface area contributed by atoms with E-state index in [-0.39, 0.29) is 5.57 Å². The summed E-state index contributed by atoms with van der Waals surface area (Å²) in [5, 5.41) is 9.65. The van der Waals surface area contributed by atoms with Crippen LogP contribution in [0.5, 0.6) is 0 Å². The highest BCUT2D eigenvalue weighted by atomic mass is 16.7. The fourth-order valence-corrected chi connectivity index (χ4v) is 2.10. The molecule has 1 aliphatic heterocycles. The van der Waals surface area contributed by atoms with E-state index in [2.05, 4.69) is 15.5 Å². The minimum Gasteiger partial charge on any atom is -0.419 e. The number of aromatic amines is 1. The topological polar surface area (TPSA) is 93.3 Å². The van der Waals surface area contributed by atoms with Gasteiger partial charge in [-0.2, -0.15) is 5.10 Å². The van der Waals surface area contributed by atoms with E-state index in [9.17, 15) is 9.59 Å². The van der Waals surface area contributed by atoms with E-state index in [1.165, 1.54) is 20.0 Å². The lowest BCUT2D eigenvalue weighted by atomic mass is 10.1. The molecule has 23 heavy (non-hydrogen) atoms. The Morgan fingerprint density at radius 1 is 1.09 bits per heavy atom. The number of hydrogen-bond donors (Lipinski definition) is 2. The van der Waals surface area contributed by atoms with Gasteiger partial charge in [0, 0.05) is 31.9 Å². The highest BCUT2D eigenvalue weighted by molar-refractivity contribution is 6.15. The van der Waals surface area contributed by atoms with E-state index in [4.69, 9.17) is 9.47 Å². The Morgan fingerprint density at radius 3 is 2.30 bits per heavy atom. The van der Waals surface area contributed by atoms with Gasteiger partial charge in [-0.05, 0) is 23.8 Å². The van der Waals surface area contributed by atoms with Crippen LogP contribution in [0.3, 0.4) is 0 Å². The Balaban J connectivity index is 1.72. The van der Waals surface area contributed by atoms with Crippen molar-refractivity contribution in [3.05, 3.63) is 48.3 Å². The molecule has 1 aromatic heterocycles. The summed E-state index contributed by atoms with van der Waals surface area (Å²) >= 11 is 0. The van der Waals surface area contributed by atoms with E-state index in [0.717, 1.165) is 11.3 Å². The van der Waals surface area contributed by atoms with E-state index >= 15 is 0 Å². The molecule has 0 radical (unpaired) electrons. The van der Waals surface area contributed by atoms with Crippen molar-refractivity contribution in [2.75, 3.05) is 5.32 Å². The molecule has 7 heteroatoms. The van der Waals surface area contributed by atoms with Gasteiger partial charge in [-0.15, -0.1) is 0 Å². The van der Waals surface area contributed by atoms with E-state index in [1.54, 1.807) is 6.20 Å². The number of benzene rings is 1. The molecular formula is C16H15N3O4. The normalized spacial score (nSPS) is 16.5. The van der Waals surface area contributed by atoms with Crippen molar-refractivity contribution in [1.29, 1.82) is 0 Å². The molecule has 2 N–H and O–H groups in total. The minimum absolute atomic E-state index is 0.179. The first kappa shape index (κ1) is 14.8. The monoisotopic (exact) mass is 313 g/mol. The van der Waals surface area contributed by atoms with Gasteiger partial charge >= 0.3 is 11.9 Å². The van der Waals surface area contributed by atoms with Gasteiger partial charge in [0.15, 0.2) is 5.57 Å². The van der Waals surface area contributed by atoms with Crippen LogP contribution in [0.15, 0.2) is 48.3 Å². The third-order valence-electron chi connectivity index (χ3n) is 3.20. The lowest BCUT2D eigenvalue weighted by Crippen LogP contribution is -2.42. The van der Waals surface area contributed by atoms with Crippen LogP contribution >= 0.6 is 0 Å². The molecule has 0 spiro atoms. The molecule has 1 fully saturated rings. The summed E-state index contributed by atoms with van der Waals surface area (Å²) in [5.41, 5.74) is 2.41. The summed E-state index contributed by atoms with van der Waals surface area (Å²) in [6, 6.07) is 9.26. The number of carbonyl (C=O) groups excluding carboxylic acids is 2. The van der Waals surface area contributed by atoms with Crippen molar-refractivity contribution in [2.45, 2.75) is 19.6 Å². The second kappa shape index (κ2) is 5.60. The maximum absolute atomic E-state index is 11.8. The number of ether oxygens (including phenoxy) is 2. The van der Waals surface area contributed by atoms with Crippen LogP contribution in [0.25, 0.3) is 11.3 Å². The maximum Gasteiger partial charge on any atom is 0.350 e. The van der Waals surface area contributed by atoms with Gasteiger partial charge in [0.1, 0.15) is 0 Å². The van der Waals surface area contributed by atoms with Crippen molar-refractivity contribution in [3.8, 4) is 11.3 Å². The largest absolute Gasteiger partial charge is 0.419 e.